The van der Waals surface area contributed by atoms with Crippen LogP contribution in [0.25, 0.3) is 22.5 Å². The number of anilines is 2. The van der Waals surface area contributed by atoms with Gasteiger partial charge in [-0.05, 0) is 88.0 Å². The van der Waals surface area contributed by atoms with Crippen LogP contribution < -0.4 is 19.3 Å². The van der Waals surface area contributed by atoms with Gasteiger partial charge in [-0.15, -0.1) is 0 Å². The number of hydrogen-bond acceptors (Lipinski definition) is 12. The van der Waals surface area contributed by atoms with E-state index in [1.807, 2.05) is 28.2 Å². The van der Waals surface area contributed by atoms with Crippen molar-refractivity contribution in [1.29, 1.82) is 0 Å². The highest BCUT2D eigenvalue weighted by molar-refractivity contribution is 5.89. The molecule has 8 heterocycles. The molecule has 6 aliphatic rings. The van der Waals surface area contributed by atoms with Crippen LogP contribution in [0.5, 0.6) is 11.8 Å². The highest BCUT2D eigenvalue weighted by Crippen LogP contribution is 2.32. The van der Waals surface area contributed by atoms with Gasteiger partial charge in [0.25, 0.3) is 0 Å². The van der Waals surface area contributed by atoms with Gasteiger partial charge < -0.3 is 29.5 Å². The van der Waals surface area contributed by atoms with Gasteiger partial charge in [-0.2, -0.15) is 0 Å². The summed E-state index contributed by atoms with van der Waals surface area (Å²) in [5.74, 6) is 0.120. The van der Waals surface area contributed by atoms with Crippen molar-refractivity contribution in [2.75, 3.05) is 77.3 Å². The topological polar surface area (TPSA) is 158 Å². The largest absolute Gasteiger partial charge is 0.478 e. The highest BCUT2D eigenvalue weighted by Gasteiger charge is 2.36. The van der Waals surface area contributed by atoms with E-state index in [0.717, 1.165) is 35.6 Å². The van der Waals surface area contributed by atoms with Gasteiger partial charge in [-0.1, -0.05) is 24.3 Å². The summed E-state index contributed by atoms with van der Waals surface area (Å²) in [5, 5.41) is 15.6. The van der Waals surface area contributed by atoms with Crippen molar-refractivity contribution in [2.45, 2.75) is 37.9 Å². The van der Waals surface area contributed by atoms with Gasteiger partial charge in [0.05, 0.1) is 36.2 Å². The minimum atomic E-state index is -1.26. The summed E-state index contributed by atoms with van der Waals surface area (Å²) in [4.78, 5) is 46.3. The fourth-order valence-corrected chi connectivity index (χ4v) is 7.45. The molecule has 2 aromatic carbocycles. The van der Waals surface area contributed by atoms with E-state index in [1.54, 1.807) is 24.8 Å². The second kappa shape index (κ2) is 18.8. The number of rotatable bonds is 10. The Labute approximate surface area is 328 Å². The van der Waals surface area contributed by atoms with Crippen LogP contribution in [0.3, 0.4) is 0 Å². The average molecular weight is 765 g/mol. The van der Waals surface area contributed by atoms with Gasteiger partial charge in [-0.25, -0.2) is 29.5 Å². The fraction of sp³-hybridized carbons (Fsp3) is 0.429. The lowest BCUT2D eigenvalue weighted by Gasteiger charge is -2.44. The van der Waals surface area contributed by atoms with Crippen LogP contribution in [-0.2, 0) is 9.59 Å². The summed E-state index contributed by atoms with van der Waals surface area (Å²) in [6.07, 6.45) is 13.8. The standard InChI is InChI=1S/2C19H24N4O.C4H4O4/c2*1-22(2)16-5-3-14(4-6-16)17-11-21-19(12-20-17)24-18-13-23-9-7-15(18)8-10-23;5-3(6)1-2-4(7)8/h2*3-6,11-12,15,18H,7-10,13H2,1-2H3;1-2H,(H,5,6)(H,7,8)/b;;2-1+. The molecule has 2 aromatic heterocycles. The number of nitrogens with zero attached hydrogens (tertiary/aromatic N) is 8. The van der Waals surface area contributed by atoms with E-state index in [9.17, 15) is 9.59 Å². The highest BCUT2D eigenvalue weighted by atomic mass is 16.5. The van der Waals surface area contributed by atoms with Crippen molar-refractivity contribution < 1.29 is 29.3 Å². The summed E-state index contributed by atoms with van der Waals surface area (Å²) in [5.41, 5.74) is 6.25. The Morgan fingerprint density at radius 1 is 0.589 bits per heavy atom. The molecule has 14 nitrogen and oxygen atoms in total. The maximum absolute atomic E-state index is 9.55. The zero-order valence-electron chi connectivity index (χ0n) is 32.6. The lowest BCUT2D eigenvalue weighted by molar-refractivity contribution is -0.134. The number of hydrogen-bond donors (Lipinski definition) is 2. The maximum atomic E-state index is 9.55. The number of aromatic nitrogens is 4. The molecule has 0 spiro atoms. The molecule has 6 fully saturated rings. The van der Waals surface area contributed by atoms with Crippen molar-refractivity contribution in [3.8, 4) is 34.3 Å². The number of fused-ring (bicyclic) bond motifs is 6. The molecule has 14 heteroatoms. The summed E-state index contributed by atoms with van der Waals surface area (Å²) in [6, 6.07) is 16.7. The van der Waals surface area contributed by atoms with Crippen molar-refractivity contribution in [3.05, 3.63) is 85.5 Å². The molecule has 6 aliphatic heterocycles. The third kappa shape index (κ3) is 11.0. The minimum absolute atomic E-state index is 0.270. The summed E-state index contributed by atoms with van der Waals surface area (Å²) in [6.45, 7) is 6.94. The first-order valence-corrected chi connectivity index (χ1v) is 19.1. The predicted octanol–water partition coefficient (Wildman–Crippen LogP) is 5.08. The molecule has 56 heavy (non-hydrogen) atoms. The maximum Gasteiger partial charge on any atom is 0.328 e. The molecule has 2 atom stereocenters. The predicted molar refractivity (Wildman–Crippen MR) is 215 cm³/mol. The summed E-state index contributed by atoms with van der Waals surface area (Å²) < 4.78 is 12.2. The number of carbonyl (C=O) groups is 2. The first-order chi connectivity index (χ1) is 27.0. The molecule has 296 valence electrons. The Morgan fingerprint density at radius 3 is 1.20 bits per heavy atom. The third-order valence-corrected chi connectivity index (χ3v) is 10.7. The Kier molecular flexibility index (Phi) is 13.5. The second-order valence-electron chi connectivity index (χ2n) is 15.0. The van der Waals surface area contributed by atoms with Gasteiger partial charge in [0.1, 0.15) is 12.2 Å². The van der Waals surface area contributed by atoms with E-state index < -0.39 is 11.9 Å². The lowest BCUT2D eigenvalue weighted by Crippen LogP contribution is -2.52. The van der Waals surface area contributed by atoms with E-state index in [1.165, 1.54) is 63.2 Å². The third-order valence-electron chi connectivity index (χ3n) is 10.7. The van der Waals surface area contributed by atoms with E-state index in [-0.39, 0.29) is 12.2 Å². The van der Waals surface area contributed by atoms with Crippen LogP contribution in [0.4, 0.5) is 11.4 Å². The first kappa shape index (κ1) is 40.1. The number of carboxylic acids is 2. The molecule has 0 aliphatic carbocycles. The average Bonchev–Trinajstić information content (AvgIpc) is 3.22. The summed E-state index contributed by atoms with van der Waals surface area (Å²) >= 11 is 0. The quantitative estimate of drug-likeness (QED) is 0.206. The van der Waals surface area contributed by atoms with Crippen LogP contribution in [0, 0.1) is 11.8 Å². The molecule has 4 aromatic rings. The molecular formula is C42H52N8O6. The molecule has 4 bridgehead atoms. The number of carboxylic acid groups (broad SMARTS) is 2. The minimum Gasteiger partial charge on any atom is -0.478 e. The zero-order chi connectivity index (χ0) is 39.6. The normalized spacial score (nSPS) is 23.2. The van der Waals surface area contributed by atoms with Crippen LogP contribution in [0.2, 0.25) is 0 Å². The van der Waals surface area contributed by atoms with Crippen molar-refractivity contribution in [3.63, 3.8) is 0 Å². The molecule has 0 radical (unpaired) electrons. The fourth-order valence-electron chi connectivity index (χ4n) is 7.45. The first-order valence-electron chi connectivity index (χ1n) is 19.1. The SMILES string of the molecule is CN(C)c1ccc(-c2cnc(OC3CN4CCC3CC4)cn2)cc1.CN(C)c1ccc(-c2cnc(OC3CN4CCC3CC4)cn2)cc1.O=C(O)/C=C/C(=O)O. The van der Waals surface area contributed by atoms with Crippen LogP contribution >= 0.6 is 0 Å². The number of piperidine rings is 6. The lowest BCUT2D eigenvalue weighted by atomic mass is 9.86. The van der Waals surface area contributed by atoms with Crippen molar-refractivity contribution in [1.82, 2.24) is 29.7 Å². The molecular weight excluding hydrogens is 713 g/mol. The van der Waals surface area contributed by atoms with E-state index in [0.29, 0.717) is 35.7 Å². The zero-order valence-corrected chi connectivity index (χ0v) is 32.6. The van der Waals surface area contributed by atoms with Gasteiger partial charge in [0.2, 0.25) is 11.8 Å². The van der Waals surface area contributed by atoms with Crippen molar-refractivity contribution >= 4 is 23.3 Å². The smallest absolute Gasteiger partial charge is 0.328 e. The second-order valence-corrected chi connectivity index (χ2v) is 15.0. The van der Waals surface area contributed by atoms with Gasteiger partial charge in [-0.3, -0.25) is 9.80 Å². The Bertz CT molecular complexity index is 1750. The van der Waals surface area contributed by atoms with E-state index >= 15 is 0 Å². The summed E-state index contributed by atoms with van der Waals surface area (Å²) in [7, 11) is 8.15. The van der Waals surface area contributed by atoms with Crippen LogP contribution in [0.1, 0.15) is 25.7 Å². The Hall–Kier alpha value is -5.60. The monoisotopic (exact) mass is 764 g/mol. The van der Waals surface area contributed by atoms with Crippen molar-refractivity contribution in [2.24, 2.45) is 11.8 Å². The molecule has 2 unspecified atom stereocenters. The molecule has 10 rings (SSSR count). The molecule has 0 amide bonds. The number of aliphatic carboxylic acids is 2. The van der Waals surface area contributed by atoms with E-state index in [2.05, 4.69) is 88.1 Å². The van der Waals surface area contributed by atoms with E-state index in [4.69, 9.17) is 19.7 Å². The van der Waals surface area contributed by atoms with Gasteiger partial charge in [0.15, 0.2) is 0 Å². The number of benzene rings is 2. The Balaban J connectivity index is 0.000000160. The number of ether oxygens (including phenoxy) is 2. The molecule has 2 N–H and O–H groups in total. The Morgan fingerprint density at radius 2 is 0.946 bits per heavy atom. The molecule has 0 saturated carbocycles. The van der Waals surface area contributed by atoms with Gasteiger partial charge in [0, 0.05) is 75.9 Å². The van der Waals surface area contributed by atoms with Crippen LogP contribution in [0.15, 0.2) is 85.5 Å². The van der Waals surface area contributed by atoms with Gasteiger partial charge >= 0.3 is 11.9 Å². The van der Waals surface area contributed by atoms with Crippen LogP contribution in [-0.4, -0.2) is 132 Å². The molecule has 6 saturated heterocycles.